The van der Waals surface area contributed by atoms with Crippen molar-refractivity contribution in [3.63, 3.8) is 0 Å². The molecule has 0 spiro atoms. The Hall–Kier alpha value is -0.0800. The number of nitrogens with zero attached hydrogens (tertiary/aromatic N) is 2. The number of hydrogen-bond acceptors (Lipinski definition) is 2. The van der Waals surface area contributed by atoms with Crippen molar-refractivity contribution in [3.8, 4) is 0 Å². The Kier molecular flexibility index (Phi) is 8.84. The van der Waals surface area contributed by atoms with E-state index in [1.807, 2.05) is 0 Å². The van der Waals surface area contributed by atoms with Gasteiger partial charge in [-0.1, -0.05) is 65.2 Å². The second kappa shape index (κ2) is 10.6. The largest absolute Gasteiger partial charge is 0.302 e. The van der Waals surface area contributed by atoms with Gasteiger partial charge in [-0.3, -0.25) is 4.90 Å². The van der Waals surface area contributed by atoms with Gasteiger partial charge >= 0.3 is 0 Å². The van der Waals surface area contributed by atoms with Crippen molar-refractivity contribution in [2.24, 2.45) is 0 Å². The maximum absolute atomic E-state index is 2.95. The molecule has 0 aromatic heterocycles. The van der Waals surface area contributed by atoms with Gasteiger partial charge in [0.05, 0.1) is 0 Å². The molecule has 2 heteroatoms. The van der Waals surface area contributed by atoms with Gasteiger partial charge in [-0.2, -0.15) is 0 Å². The standard InChI is InChI=1S/C20H40N2/c1-3-5-7-8-10-12-19(11-9-6-4-2)22-18-17-21-15-13-20(22)14-16-21/h19-20H,3-18H2,1-2H3. The van der Waals surface area contributed by atoms with Gasteiger partial charge < -0.3 is 4.90 Å². The third-order valence-corrected chi connectivity index (χ3v) is 5.95. The molecule has 0 N–H and O–H groups in total. The molecular weight excluding hydrogens is 268 g/mol. The summed E-state index contributed by atoms with van der Waals surface area (Å²) in [6, 6.07) is 1.79. The molecule has 0 amide bonds. The summed E-state index contributed by atoms with van der Waals surface area (Å²) in [6.45, 7) is 10.0. The van der Waals surface area contributed by atoms with Crippen LogP contribution in [0.25, 0.3) is 0 Å². The lowest BCUT2D eigenvalue weighted by molar-refractivity contribution is 0.115. The van der Waals surface area contributed by atoms with E-state index in [1.165, 1.54) is 103 Å². The fourth-order valence-electron chi connectivity index (χ4n) is 4.48. The molecular formula is C20H40N2. The molecule has 3 saturated heterocycles. The SMILES string of the molecule is CCCCCCCC(CCCCC)N1CCN2CCC1CC2. The fraction of sp³-hybridized carbons (Fsp3) is 1.00. The van der Waals surface area contributed by atoms with E-state index >= 15 is 0 Å². The zero-order chi connectivity index (χ0) is 15.6. The predicted molar refractivity (Wildman–Crippen MR) is 97.5 cm³/mol. The molecule has 0 aromatic carbocycles. The number of fused-ring (bicyclic) bond motifs is 4. The van der Waals surface area contributed by atoms with E-state index < -0.39 is 0 Å². The smallest absolute Gasteiger partial charge is 0.0123 e. The Bertz CT molecular complexity index is 271. The second-order valence-corrected chi connectivity index (χ2v) is 7.66. The van der Waals surface area contributed by atoms with Gasteiger partial charge in [0.2, 0.25) is 0 Å². The first-order valence-corrected chi connectivity index (χ1v) is 10.3. The highest BCUT2D eigenvalue weighted by Crippen LogP contribution is 2.27. The summed E-state index contributed by atoms with van der Waals surface area (Å²) < 4.78 is 0. The molecule has 2 nitrogen and oxygen atoms in total. The summed E-state index contributed by atoms with van der Waals surface area (Å²) in [7, 11) is 0. The lowest BCUT2D eigenvalue weighted by Gasteiger charge is -2.37. The molecule has 3 aliphatic heterocycles. The molecule has 3 heterocycles. The third-order valence-electron chi connectivity index (χ3n) is 5.95. The van der Waals surface area contributed by atoms with Crippen molar-refractivity contribution in [3.05, 3.63) is 0 Å². The van der Waals surface area contributed by atoms with Crippen LogP contribution >= 0.6 is 0 Å². The van der Waals surface area contributed by atoms with Crippen molar-refractivity contribution in [1.29, 1.82) is 0 Å². The highest BCUT2D eigenvalue weighted by atomic mass is 15.3. The van der Waals surface area contributed by atoms with Gasteiger partial charge in [-0.15, -0.1) is 0 Å². The molecule has 0 aromatic rings. The van der Waals surface area contributed by atoms with Crippen LogP contribution in [0.15, 0.2) is 0 Å². The van der Waals surface area contributed by atoms with Crippen molar-refractivity contribution in [2.75, 3.05) is 26.2 Å². The first-order valence-electron chi connectivity index (χ1n) is 10.3. The van der Waals surface area contributed by atoms with Crippen LogP contribution < -0.4 is 0 Å². The molecule has 0 radical (unpaired) electrons. The summed E-state index contributed by atoms with van der Waals surface area (Å²) in [5, 5.41) is 0. The van der Waals surface area contributed by atoms with E-state index in [0.29, 0.717) is 0 Å². The molecule has 2 bridgehead atoms. The van der Waals surface area contributed by atoms with E-state index in [0.717, 1.165) is 12.1 Å². The van der Waals surface area contributed by atoms with Crippen LogP contribution in [0.1, 0.15) is 90.9 Å². The Morgan fingerprint density at radius 3 is 2.00 bits per heavy atom. The third kappa shape index (κ3) is 5.85. The lowest BCUT2D eigenvalue weighted by Crippen LogP contribution is -2.44. The number of unbranched alkanes of at least 4 members (excludes halogenated alkanes) is 6. The highest BCUT2D eigenvalue weighted by Gasteiger charge is 2.32. The average molecular weight is 309 g/mol. The molecule has 1 atom stereocenters. The molecule has 3 aliphatic rings. The quantitative estimate of drug-likeness (QED) is 0.491. The Morgan fingerprint density at radius 2 is 1.32 bits per heavy atom. The Labute approximate surface area is 139 Å². The van der Waals surface area contributed by atoms with Crippen molar-refractivity contribution >= 4 is 0 Å². The monoisotopic (exact) mass is 308 g/mol. The fourth-order valence-corrected chi connectivity index (χ4v) is 4.48. The molecule has 1 unspecified atom stereocenters. The average Bonchev–Trinajstić information content (AvgIpc) is 2.87. The maximum Gasteiger partial charge on any atom is 0.0123 e. The molecule has 3 rings (SSSR count). The van der Waals surface area contributed by atoms with E-state index in [9.17, 15) is 0 Å². The van der Waals surface area contributed by atoms with Crippen molar-refractivity contribution in [1.82, 2.24) is 9.80 Å². The van der Waals surface area contributed by atoms with Crippen molar-refractivity contribution < 1.29 is 0 Å². The molecule has 0 saturated carbocycles. The number of piperidine rings is 1. The number of hydrogen-bond donors (Lipinski definition) is 0. The second-order valence-electron chi connectivity index (χ2n) is 7.66. The topological polar surface area (TPSA) is 6.48 Å². The van der Waals surface area contributed by atoms with Crippen LogP contribution in [0.3, 0.4) is 0 Å². The summed E-state index contributed by atoms with van der Waals surface area (Å²) in [5.41, 5.74) is 0. The van der Waals surface area contributed by atoms with Gasteiger partial charge in [0, 0.05) is 25.2 Å². The summed E-state index contributed by atoms with van der Waals surface area (Å²) in [5.74, 6) is 0. The van der Waals surface area contributed by atoms with Gasteiger partial charge in [0.1, 0.15) is 0 Å². The van der Waals surface area contributed by atoms with E-state index in [-0.39, 0.29) is 0 Å². The minimum atomic E-state index is 0.885. The summed E-state index contributed by atoms with van der Waals surface area (Å²) >= 11 is 0. The van der Waals surface area contributed by atoms with Crippen LogP contribution in [0.4, 0.5) is 0 Å². The van der Waals surface area contributed by atoms with Gasteiger partial charge in [-0.25, -0.2) is 0 Å². The highest BCUT2D eigenvalue weighted by molar-refractivity contribution is 4.88. The molecule has 130 valence electrons. The van der Waals surface area contributed by atoms with Crippen LogP contribution in [-0.4, -0.2) is 48.1 Å². The van der Waals surface area contributed by atoms with Gasteiger partial charge in [-0.05, 0) is 38.8 Å². The first kappa shape index (κ1) is 18.3. The summed E-state index contributed by atoms with van der Waals surface area (Å²) in [4.78, 5) is 5.64. The Balaban J connectivity index is 1.82. The van der Waals surface area contributed by atoms with E-state index in [4.69, 9.17) is 0 Å². The lowest BCUT2D eigenvalue weighted by atomic mass is 9.96. The summed E-state index contributed by atoms with van der Waals surface area (Å²) in [6.07, 6.45) is 17.2. The Morgan fingerprint density at radius 1 is 0.727 bits per heavy atom. The van der Waals surface area contributed by atoms with E-state index in [1.54, 1.807) is 0 Å². The first-order chi connectivity index (χ1) is 10.8. The zero-order valence-corrected chi connectivity index (χ0v) is 15.4. The minimum absolute atomic E-state index is 0.885. The predicted octanol–water partition coefficient (Wildman–Crippen LogP) is 5.08. The van der Waals surface area contributed by atoms with Gasteiger partial charge in [0.25, 0.3) is 0 Å². The minimum Gasteiger partial charge on any atom is -0.302 e. The van der Waals surface area contributed by atoms with Crippen LogP contribution in [0.2, 0.25) is 0 Å². The molecule has 0 aliphatic carbocycles. The number of rotatable bonds is 11. The van der Waals surface area contributed by atoms with Crippen LogP contribution in [0.5, 0.6) is 0 Å². The van der Waals surface area contributed by atoms with Crippen LogP contribution in [-0.2, 0) is 0 Å². The molecule has 3 fully saturated rings. The van der Waals surface area contributed by atoms with Crippen molar-refractivity contribution in [2.45, 2.75) is 103 Å². The van der Waals surface area contributed by atoms with Gasteiger partial charge in [0.15, 0.2) is 0 Å². The van der Waals surface area contributed by atoms with Crippen LogP contribution in [0, 0.1) is 0 Å². The maximum atomic E-state index is 2.95. The van der Waals surface area contributed by atoms with E-state index in [2.05, 4.69) is 23.6 Å². The molecule has 22 heavy (non-hydrogen) atoms. The zero-order valence-electron chi connectivity index (χ0n) is 15.4. The normalized spacial score (nSPS) is 27.0.